The summed E-state index contributed by atoms with van der Waals surface area (Å²) in [5.74, 6) is 4.20. The molecule has 1 saturated heterocycles. The van der Waals surface area contributed by atoms with Crippen LogP contribution in [0.4, 0.5) is 0 Å². The maximum Gasteiger partial charge on any atom is 0.256 e. The van der Waals surface area contributed by atoms with E-state index in [0.29, 0.717) is 17.9 Å². The highest BCUT2D eigenvalue weighted by Gasteiger charge is 2.58. The number of carbonyl (C=O) groups is 1. The van der Waals surface area contributed by atoms with E-state index in [-0.39, 0.29) is 6.04 Å². The summed E-state index contributed by atoms with van der Waals surface area (Å²) in [6.45, 7) is 5.25. The summed E-state index contributed by atoms with van der Waals surface area (Å²) in [5, 5.41) is 4.64. The van der Waals surface area contributed by atoms with Gasteiger partial charge in [-0.2, -0.15) is 0 Å². The summed E-state index contributed by atoms with van der Waals surface area (Å²) in [6, 6.07) is 11.2. The Morgan fingerprint density at radius 2 is 1.56 bits per heavy atom. The van der Waals surface area contributed by atoms with Gasteiger partial charge in [0.05, 0.1) is 6.04 Å². The van der Waals surface area contributed by atoms with Gasteiger partial charge >= 0.3 is 0 Å². The summed E-state index contributed by atoms with van der Waals surface area (Å²) in [4.78, 5) is 13.1. The molecule has 1 heterocycles. The lowest BCUT2D eigenvalue weighted by Gasteiger charge is -2.63. The van der Waals surface area contributed by atoms with Gasteiger partial charge in [-0.3, -0.25) is 9.80 Å². The van der Waals surface area contributed by atoms with Crippen molar-refractivity contribution in [3.63, 3.8) is 0 Å². The van der Waals surface area contributed by atoms with Gasteiger partial charge in [0.25, 0.3) is 5.91 Å². The topological polar surface area (TPSA) is 23.6 Å². The highest BCUT2D eigenvalue weighted by molar-refractivity contribution is 5.87. The minimum Gasteiger partial charge on any atom is -0.271 e. The Hall–Kier alpha value is -1.35. The second-order valence-corrected chi connectivity index (χ2v) is 9.38. The summed E-state index contributed by atoms with van der Waals surface area (Å²) in [6.07, 6.45) is 6.94. The largest absolute Gasteiger partial charge is 0.271 e. The maximum absolute atomic E-state index is 13.1. The molecule has 3 heteroatoms. The number of hydrazine groups is 1. The molecule has 0 radical (unpaired) electrons. The second-order valence-electron chi connectivity index (χ2n) is 9.38. The first-order valence-electron chi connectivity index (χ1n) is 10.3. The first-order valence-corrected chi connectivity index (χ1v) is 10.3. The van der Waals surface area contributed by atoms with Gasteiger partial charge in [0.1, 0.15) is 6.04 Å². The SMILES string of the molecule is CC(C)C1C(=O)N(C2C3CC4CC(C3)CC2C4)N1Cc1ccccc1. The van der Waals surface area contributed by atoms with Crippen LogP contribution in [-0.2, 0) is 11.3 Å². The molecule has 4 bridgehead atoms. The zero-order valence-corrected chi connectivity index (χ0v) is 15.5. The molecule has 3 nitrogen and oxygen atoms in total. The van der Waals surface area contributed by atoms with E-state index in [1.54, 1.807) is 0 Å². The molecule has 1 aromatic rings. The molecule has 134 valence electrons. The van der Waals surface area contributed by atoms with Gasteiger partial charge in [-0.15, -0.1) is 0 Å². The predicted octanol–water partition coefficient (Wildman–Crippen LogP) is 4.10. The molecular weight excluding hydrogens is 308 g/mol. The summed E-state index contributed by atoms with van der Waals surface area (Å²) >= 11 is 0. The summed E-state index contributed by atoms with van der Waals surface area (Å²) in [7, 11) is 0. The van der Waals surface area contributed by atoms with Crippen LogP contribution in [0.25, 0.3) is 0 Å². The van der Waals surface area contributed by atoms with E-state index in [2.05, 4.69) is 54.2 Å². The lowest BCUT2D eigenvalue weighted by molar-refractivity contribution is -0.237. The monoisotopic (exact) mass is 338 g/mol. The van der Waals surface area contributed by atoms with Crippen molar-refractivity contribution in [1.82, 2.24) is 10.0 Å². The van der Waals surface area contributed by atoms with Gasteiger partial charge in [0, 0.05) is 6.54 Å². The number of benzene rings is 1. The first-order chi connectivity index (χ1) is 12.1. The van der Waals surface area contributed by atoms with Crippen molar-refractivity contribution in [2.24, 2.45) is 29.6 Å². The lowest BCUT2D eigenvalue weighted by atomic mass is 9.54. The van der Waals surface area contributed by atoms with Gasteiger partial charge in [0.2, 0.25) is 0 Å². The van der Waals surface area contributed by atoms with E-state index in [4.69, 9.17) is 0 Å². The van der Waals surface area contributed by atoms with Gasteiger partial charge in [-0.1, -0.05) is 44.2 Å². The van der Waals surface area contributed by atoms with Crippen LogP contribution < -0.4 is 0 Å². The van der Waals surface area contributed by atoms with Gasteiger partial charge in [0.15, 0.2) is 0 Å². The zero-order valence-electron chi connectivity index (χ0n) is 15.5. The molecule has 6 rings (SSSR count). The van der Waals surface area contributed by atoms with E-state index in [1.165, 1.54) is 37.7 Å². The molecule has 1 unspecified atom stereocenters. The van der Waals surface area contributed by atoms with Crippen molar-refractivity contribution in [3.05, 3.63) is 35.9 Å². The fourth-order valence-electron chi connectivity index (χ4n) is 6.66. The van der Waals surface area contributed by atoms with E-state index in [0.717, 1.165) is 30.2 Å². The Morgan fingerprint density at radius 1 is 0.960 bits per heavy atom. The van der Waals surface area contributed by atoms with Crippen LogP contribution in [0, 0.1) is 29.6 Å². The van der Waals surface area contributed by atoms with Gasteiger partial charge < -0.3 is 0 Å². The average molecular weight is 338 g/mol. The third kappa shape index (κ3) is 2.46. The number of carbonyl (C=O) groups excluding carboxylic acids is 1. The Kier molecular flexibility index (Phi) is 3.70. The minimum atomic E-state index is 0.0670. The van der Waals surface area contributed by atoms with Crippen molar-refractivity contribution in [2.75, 3.05) is 0 Å². The Morgan fingerprint density at radius 3 is 2.12 bits per heavy atom. The number of hydrogen-bond donors (Lipinski definition) is 0. The van der Waals surface area contributed by atoms with E-state index in [1.807, 2.05) is 0 Å². The van der Waals surface area contributed by atoms with Crippen molar-refractivity contribution in [2.45, 2.75) is 64.6 Å². The zero-order chi connectivity index (χ0) is 17.1. The summed E-state index contributed by atoms with van der Waals surface area (Å²) in [5.41, 5.74) is 1.31. The molecule has 1 amide bonds. The van der Waals surface area contributed by atoms with Crippen LogP contribution in [-0.4, -0.2) is 28.0 Å². The number of nitrogens with zero attached hydrogens (tertiary/aromatic N) is 2. The second kappa shape index (κ2) is 5.84. The first kappa shape index (κ1) is 15.9. The van der Waals surface area contributed by atoms with Crippen molar-refractivity contribution < 1.29 is 4.79 Å². The fraction of sp³-hybridized carbons (Fsp3) is 0.682. The third-order valence-corrected chi connectivity index (χ3v) is 7.35. The van der Waals surface area contributed by atoms with E-state index >= 15 is 0 Å². The molecule has 4 saturated carbocycles. The molecule has 1 atom stereocenters. The molecule has 1 aliphatic heterocycles. The molecule has 1 aromatic carbocycles. The predicted molar refractivity (Wildman–Crippen MR) is 98.3 cm³/mol. The third-order valence-electron chi connectivity index (χ3n) is 7.35. The van der Waals surface area contributed by atoms with Crippen molar-refractivity contribution >= 4 is 5.91 Å². The standard InChI is InChI=1S/C22H30N2O/c1-14(2)20-22(25)24(23(20)13-15-6-4-3-5-7-15)21-18-9-16-8-17(11-18)12-19(21)10-16/h3-7,14,16-21H,8-13H2,1-2H3. The molecule has 4 aliphatic carbocycles. The normalized spacial score (nSPS) is 40.0. The lowest BCUT2D eigenvalue weighted by Crippen LogP contribution is -2.75. The van der Waals surface area contributed by atoms with Crippen LogP contribution in [0.15, 0.2) is 30.3 Å². The van der Waals surface area contributed by atoms with Crippen LogP contribution >= 0.6 is 0 Å². The fourth-order valence-corrected chi connectivity index (χ4v) is 6.66. The van der Waals surface area contributed by atoms with Crippen LogP contribution in [0.1, 0.15) is 51.5 Å². The van der Waals surface area contributed by atoms with E-state index < -0.39 is 0 Å². The maximum atomic E-state index is 13.1. The molecule has 0 spiro atoms. The molecule has 0 N–H and O–H groups in total. The Balaban J connectivity index is 1.42. The van der Waals surface area contributed by atoms with Crippen LogP contribution in [0.2, 0.25) is 0 Å². The Labute approximate surface area is 151 Å². The molecule has 5 fully saturated rings. The highest BCUT2D eigenvalue weighted by Crippen LogP contribution is 2.56. The number of hydrogen-bond acceptors (Lipinski definition) is 2. The van der Waals surface area contributed by atoms with Gasteiger partial charge in [-0.05, 0) is 67.3 Å². The number of rotatable bonds is 4. The van der Waals surface area contributed by atoms with Crippen LogP contribution in [0.3, 0.4) is 0 Å². The summed E-state index contributed by atoms with van der Waals surface area (Å²) < 4.78 is 0. The molecule has 0 aromatic heterocycles. The number of amides is 1. The van der Waals surface area contributed by atoms with Crippen molar-refractivity contribution in [3.8, 4) is 0 Å². The van der Waals surface area contributed by atoms with Crippen LogP contribution in [0.5, 0.6) is 0 Å². The smallest absolute Gasteiger partial charge is 0.256 e. The molecule has 5 aliphatic rings. The van der Waals surface area contributed by atoms with Gasteiger partial charge in [-0.25, -0.2) is 5.01 Å². The average Bonchev–Trinajstić information content (AvgIpc) is 2.57. The highest BCUT2D eigenvalue weighted by atomic mass is 16.2. The van der Waals surface area contributed by atoms with E-state index in [9.17, 15) is 4.79 Å². The molecule has 25 heavy (non-hydrogen) atoms. The molecular formula is C22H30N2O. The Bertz CT molecular complexity index is 627. The minimum absolute atomic E-state index is 0.0670. The van der Waals surface area contributed by atoms with Crippen molar-refractivity contribution in [1.29, 1.82) is 0 Å². The quantitative estimate of drug-likeness (QED) is 0.825.